The van der Waals surface area contributed by atoms with Crippen LogP contribution in [-0.2, 0) is 19.6 Å². The van der Waals surface area contributed by atoms with Crippen molar-refractivity contribution in [1.29, 1.82) is 0 Å². The summed E-state index contributed by atoms with van der Waals surface area (Å²) in [6.07, 6.45) is 1.46. The zero-order valence-corrected chi connectivity index (χ0v) is 12.8. The fourth-order valence-electron chi connectivity index (χ4n) is 1.50. The van der Waals surface area contributed by atoms with Crippen LogP contribution in [0.3, 0.4) is 0 Å². The second kappa shape index (κ2) is 7.62. The molecule has 1 aromatic rings. The topological polar surface area (TPSA) is 63.7 Å². The van der Waals surface area contributed by atoms with Crippen molar-refractivity contribution in [3.05, 3.63) is 42.5 Å². The van der Waals surface area contributed by atoms with Crippen molar-refractivity contribution < 1.29 is 17.9 Å². The van der Waals surface area contributed by atoms with Crippen molar-refractivity contribution in [2.45, 2.75) is 11.8 Å². The van der Waals surface area contributed by atoms with Crippen LogP contribution in [0.4, 0.5) is 0 Å². The van der Waals surface area contributed by atoms with E-state index < -0.39 is 16.0 Å². The molecule has 0 unspecified atom stereocenters. The summed E-state index contributed by atoms with van der Waals surface area (Å²) in [5.41, 5.74) is 0.967. The van der Waals surface area contributed by atoms with Gasteiger partial charge >= 0.3 is 5.97 Å². The molecule has 0 amide bonds. The quantitative estimate of drug-likeness (QED) is 0.356. The normalized spacial score (nSPS) is 10.6. The van der Waals surface area contributed by atoms with E-state index in [-0.39, 0.29) is 18.0 Å². The molecule has 0 heterocycles. The summed E-state index contributed by atoms with van der Waals surface area (Å²) in [6, 6.07) is 6.52. The summed E-state index contributed by atoms with van der Waals surface area (Å²) in [5, 5.41) is 0. The number of hydrogen-bond donors (Lipinski definition) is 0. The average molecular weight is 307 g/mol. The van der Waals surface area contributed by atoms with E-state index in [9.17, 15) is 13.2 Å². The van der Waals surface area contributed by atoms with Crippen LogP contribution >= 0.6 is 0 Å². The van der Waals surface area contributed by atoms with E-state index in [0.29, 0.717) is 0 Å². The summed E-state index contributed by atoms with van der Waals surface area (Å²) in [5.74, 6) is 3.98. The number of hydrogen-bond acceptors (Lipinski definition) is 4. The molecular weight excluding hydrogens is 290 g/mol. The predicted octanol–water partition coefficient (Wildman–Crippen LogP) is 1.35. The molecule has 0 aliphatic heterocycles. The molecule has 0 radical (unpaired) electrons. The fraction of sp³-hybridized carbons (Fsp3) is 0.267. The molecule has 0 atom stereocenters. The Hall–Kier alpha value is -2.10. The Balaban J connectivity index is 3.02. The summed E-state index contributed by atoms with van der Waals surface area (Å²) in [4.78, 5) is 11.1. The summed E-state index contributed by atoms with van der Waals surface area (Å²) in [6.45, 7) is 5.40. The maximum absolute atomic E-state index is 12.5. The average Bonchev–Trinajstić information content (AvgIpc) is 2.46. The van der Waals surface area contributed by atoms with Crippen LogP contribution in [0.15, 0.2) is 41.8 Å². The minimum absolute atomic E-state index is 0.103. The third kappa shape index (κ3) is 4.74. The van der Waals surface area contributed by atoms with E-state index in [4.69, 9.17) is 0 Å². The monoisotopic (exact) mass is 307 g/mol. The van der Waals surface area contributed by atoms with E-state index in [1.54, 1.807) is 12.1 Å². The predicted molar refractivity (Wildman–Crippen MR) is 79.9 cm³/mol. The lowest BCUT2D eigenvalue weighted by Gasteiger charge is -2.18. The van der Waals surface area contributed by atoms with Gasteiger partial charge in [0.2, 0.25) is 10.0 Å². The lowest BCUT2D eigenvalue weighted by Crippen LogP contribution is -2.31. The van der Waals surface area contributed by atoms with Crippen molar-refractivity contribution in [2.24, 2.45) is 0 Å². The van der Waals surface area contributed by atoms with Gasteiger partial charge in [-0.15, -0.1) is 6.58 Å². The summed E-state index contributed by atoms with van der Waals surface area (Å²) >= 11 is 0. The number of aryl methyl sites for hydroxylation is 1. The van der Waals surface area contributed by atoms with E-state index >= 15 is 0 Å². The maximum Gasteiger partial charge on any atom is 0.384 e. The van der Waals surface area contributed by atoms with E-state index in [0.717, 1.165) is 9.87 Å². The summed E-state index contributed by atoms with van der Waals surface area (Å²) < 4.78 is 30.5. The zero-order valence-electron chi connectivity index (χ0n) is 12.0. The Labute approximate surface area is 125 Å². The number of carbonyl (C=O) groups excluding carboxylic acids is 1. The van der Waals surface area contributed by atoms with E-state index in [1.165, 1.54) is 25.3 Å². The fourth-order valence-corrected chi connectivity index (χ4v) is 2.82. The standard InChI is InChI=1S/C15H17NO4S/c1-4-11-16(12-5-6-15(17)20-3)21(18,19)14-9-7-13(2)8-10-14/h4,7-10H,1,11-12H2,2-3H3. The van der Waals surface area contributed by atoms with Crippen molar-refractivity contribution in [1.82, 2.24) is 4.31 Å². The number of methoxy groups -OCH3 is 1. The number of esters is 1. The van der Waals surface area contributed by atoms with Crippen LogP contribution < -0.4 is 0 Å². The van der Waals surface area contributed by atoms with Crippen LogP contribution in [-0.4, -0.2) is 38.9 Å². The Bertz CT molecular complexity index is 666. The van der Waals surface area contributed by atoms with Gasteiger partial charge in [0, 0.05) is 12.5 Å². The third-order valence-corrected chi connectivity index (χ3v) is 4.45. The molecule has 0 saturated carbocycles. The molecule has 0 aliphatic carbocycles. The van der Waals surface area contributed by atoms with Gasteiger partial charge in [0.05, 0.1) is 18.6 Å². The first-order chi connectivity index (χ1) is 9.91. The molecule has 0 fully saturated rings. The van der Waals surface area contributed by atoms with Gasteiger partial charge < -0.3 is 4.74 Å². The molecule has 1 rings (SSSR count). The van der Waals surface area contributed by atoms with Gasteiger partial charge in [-0.05, 0) is 19.1 Å². The van der Waals surface area contributed by atoms with E-state index in [2.05, 4.69) is 23.2 Å². The molecule has 0 aromatic heterocycles. The number of benzene rings is 1. The number of carbonyl (C=O) groups is 1. The Morgan fingerprint density at radius 1 is 1.38 bits per heavy atom. The highest BCUT2D eigenvalue weighted by Gasteiger charge is 2.22. The first kappa shape index (κ1) is 17.0. The lowest BCUT2D eigenvalue weighted by molar-refractivity contribution is -0.133. The molecule has 1 aromatic carbocycles. The van der Waals surface area contributed by atoms with Crippen molar-refractivity contribution in [3.63, 3.8) is 0 Å². The van der Waals surface area contributed by atoms with Gasteiger partial charge in [-0.2, -0.15) is 4.31 Å². The van der Waals surface area contributed by atoms with Gasteiger partial charge in [0.15, 0.2) is 0 Å². The van der Waals surface area contributed by atoms with Gasteiger partial charge in [0.25, 0.3) is 0 Å². The highest BCUT2D eigenvalue weighted by atomic mass is 32.2. The molecule has 0 N–H and O–H groups in total. The first-order valence-corrected chi connectivity index (χ1v) is 7.60. The molecule has 0 bridgehead atoms. The van der Waals surface area contributed by atoms with Crippen molar-refractivity contribution >= 4 is 16.0 Å². The SMILES string of the molecule is C=CCN(CC#CC(=O)OC)S(=O)(=O)c1ccc(C)cc1. The van der Waals surface area contributed by atoms with Crippen LogP contribution in [0.1, 0.15) is 5.56 Å². The van der Waals surface area contributed by atoms with Gasteiger partial charge in [-0.25, -0.2) is 13.2 Å². The zero-order chi connectivity index (χ0) is 15.9. The van der Waals surface area contributed by atoms with Crippen LogP contribution in [0, 0.1) is 18.8 Å². The Morgan fingerprint density at radius 3 is 2.52 bits per heavy atom. The lowest BCUT2D eigenvalue weighted by atomic mass is 10.2. The van der Waals surface area contributed by atoms with Crippen molar-refractivity contribution in [3.8, 4) is 11.8 Å². The number of sulfonamides is 1. The molecule has 5 nitrogen and oxygen atoms in total. The molecule has 0 aliphatic rings. The van der Waals surface area contributed by atoms with Gasteiger partial charge in [-0.1, -0.05) is 29.7 Å². The van der Waals surface area contributed by atoms with Gasteiger partial charge in [-0.3, -0.25) is 0 Å². The second-order valence-corrected chi connectivity index (χ2v) is 6.13. The highest BCUT2D eigenvalue weighted by Crippen LogP contribution is 2.15. The molecule has 6 heteroatoms. The maximum atomic E-state index is 12.5. The van der Waals surface area contributed by atoms with E-state index in [1.807, 2.05) is 6.92 Å². The Kier molecular flexibility index (Phi) is 6.15. The minimum Gasteiger partial charge on any atom is -0.459 e. The van der Waals surface area contributed by atoms with Gasteiger partial charge in [0.1, 0.15) is 0 Å². The van der Waals surface area contributed by atoms with Crippen LogP contribution in [0.2, 0.25) is 0 Å². The largest absolute Gasteiger partial charge is 0.459 e. The molecule has 0 saturated heterocycles. The van der Waals surface area contributed by atoms with Crippen molar-refractivity contribution in [2.75, 3.05) is 20.2 Å². The molecular formula is C15H17NO4S. The summed E-state index contributed by atoms with van der Waals surface area (Å²) in [7, 11) is -2.47. The number of ether oxygens (including phenoxy) is 1. The molecule has 112 valence electrons. The number of rotatable bonds is 5. The van der Waals surface area contributed by atoms with Crippen LogP contribution in [0.5, 0.6) is 0 Å². The minimum atomic E-state index is -3.68. The molecule has 0 spiro atoms. The van der Waals surface area contributed by atoms with Crippen LogP contribution in [0.25, 0.3) is 0 Å². The third-order valence-electron chi connectivity index (χ3n) is 2.62. The smallest absolute Gasteiger partial charge is 0.384 e. The first-order valence-electron chi connectivity index (χ1n) is 6.16. The second-order valence-electron chi connectivity index (χ2n) is 4.19. The number of nitrogens with zero attached hydrogens (tertiary/aromatic N) is 1. The molecule has 21 heavy (non-hydrogen) atoms. The Morgan fingerprint density at radius 2 is 2.00 bits per heavy atom. The highest BCUT2D eigenvalue weighted by molar-refractivity contribution is 7.89.